The third kappa shape index (κ3) is 3.69. The molecule has 2 nitrogen and oxygen atoms in total. The summed E-state index contributed by atoms with van der Waals surface area (Å²) in [6, 6.07) is 7.72. The van der Waals surface area contributed by atoms with Gasteiger partial charge in [-0.1, -0.05) is 6.07 Å². The number of alkyl halides is 3. The first-order valence-corrected chi connectivity index (χ1v) is 7.42. The Bertz CT molecular complexity index is 591. The zero-order valence-corrected chi connectivity index (χ0v) is 12.6. The topological polar surface area (TPSA) is 29.3 Å². The minimum absolute atomic E-state index is 0.0585. The molecule has 0 radical (unpaired) electrons. The standard InChI is InChI=1S/C15H17F3N2S/c1-10(2)20(9-12-4-3-7-21-12)14-6-5-11(19)8-13(14)15(16,17)18/h3-8,10H,9,19H2,1-2H3. The molecule has 1 aromatic carbocycles. The van der Waals surface area contributed by atoms with Gasteiger partial charge < -0.3 is 10.6 Å². The summed E-state index contributed by atoms with van der Waals surface area (Å²) in [6.07, 6.45) is -4.42. The first-order valence-electron chi connectivity index (χ1n) is 6.55. The van der Waals surface area contributed by atoms with Crippen LogP contribution in [0.3, 0.4) is 0 Å². The number of anilines is 2. The van der Waals surface area contributed by atoms with Crippen LogP contribution < -0.4 is 10.6 Å². The van der Waals surface area contributed by atoms with Crippen molar-refractivity contribution in [1.82, 2.24) is 0 Å². The fourth-order valence-corrected chi connectivity index (χ4v) is 2.85. The van der Waals surface area contributed by atoms with Crippen molar-refractivity contribution in [2.45, 2.75) is 32.6 Å². The number of halogens is 3. The maximum absolute atomic E-state index is 13.3. The normalized spacial score (nSPS) is 11.9. The molecule has 2 N–H and O–H groups in total. The molecule has 0 spiro atoms. The molecule has 0 bridgehead atoms. The molecule has 0 amide bonds. The van der Waals surface area contributed by atoms with Crippen molar-refractivity contribution in [3.63, 3.8) is 0 Å². The van der Waals surface area contributed by atoms with E-state index in [0.29, 0.717) is 6.54 Å². The molecule has 21 heavy (non-hydrogen) atoms. The van der Waals surface area contributed by atoms with Crippen LogP contribution in [0.5, 0.6) is 0 Å². The molecule has 0 aliphatic heterocycles. The second-order valence-electron chi connectivity index (χ2n) is 5.08. The van der Waals surface area contributed by atoms with Crippen LogP contribution >= 0.6 is 11.3 Å². The molecule has 0 unspecified atom stereocenters. The maximum atomic E-state index is 13.3. The Balaban J connectivity index is 2.45. The maximum Gasteiger partial charge on any atom is 0.418 e. The Hall–Kier alpha value is -1.69. The van der Waals surface area contributed by atoms with E-state index in [-0.39, 0.29) is 17.4 Å². The summed E-state index contributed by atoms with van der Waals surface area (Å²) in [5.41, 5.74) is 5.12. The van der Waals surface area contributed by atoms with Gasteiger partial charge >= 0.3 is 6.18 Å². The van der Waals surface area contributed by atoms with Crippen LogP contribution in [0.4, 0.5) is 24.5 Å². The molecule has 0 saturated heterocycles. The fraction of sp³-hybridized carbons (Fsp3) is 0.333. The highest BCUT2D eigenvalue weighted by molar-refractivity contribution is 7.09. The van der Waals surface area contributed by atoms with Gasteiger partial charge in [-0.3, -0.25) is 0 Å². The molecule has 1 aromatic heterocycles. The van der Waals surface area contributed by atoms with Crippen LogP contribution in [0.15, 0.2) is 35.7 Å². The summed E-state index contributed by atoms with van der Waals surface area (Å²) in [7, 11) is 0. The molecular formula is C15H17F3N2S. The molecule has 6 heteroatoms. The third-order valence-corrected chi connectivity index (χ3v) is 4.03. The van der Waals surface area contributed by atoms with E-state index in [9.17, 15) is 13.2 Å². The van der Waals surface area contributed by atoms with Gasteiger partial charge in [0.2, 0.25) is 0 Å². The number of hydrogen-bond acceptors (Lipinski definition) is 3. The van der Waals surface area contributed by atoms with Gasteiger partial charge in [0.1, 0.15) is 0 Å². The average Bonchev–Trinajstić information content (AvgIpc) is 2.88. The van der Waals surface area contributed by atoms with Crippen LogP contribution in [0.25, 0.3) is 0 Å². The molecule has 1 heterocycles. The SMILES string of the molecule is CC(C)N(Cc1cccs1)c1ccc(N)cc1C(F)(F)F. The molecular weight excluding hydrogens is 297 g/mol. The second kappa shape index (κ2) is 5.97. The summed E-state index contributed by atoms with van der Waals surface area (Å²) < 4.78 is 39.8. The predicted molar refractivity (Wildman–Crippen MR) is 81.5 cm³/mol. The van der Waals surface area contributed by atoms with E-state index in [1.54, 1.807) is 4.90 Å². The molecule has 2 rings (SSSR count). The average molecular weight is 314 g/mol. The summed E-state index contributed by atoms with van der Waals surface area (Å²) in [5.74, 6) is 0. The number of rotatable bonds is 4. The highest BCUT2D eigenvalue weighted by Gasteiger charge is 2.35. The summed E-state index contributed by atoms with van der Waals surface area (Å²) in [4.78, 5) is 2.77. The Morgan fingerprint density at radius 2 is 1.95 bits per heavy atom. The molecule has 0 aliphatic carbocycles. The Labute approximate surface area is 126 Å². The number of thiophene rings is 1. The Morgan fingerprint density at radius 1 is 1.24 bits per heavy atom. The van der Waals surface area contributed by atoms with Crippen LogP contribution in [0.2, 0.25) is 0 Å². The number of nitrogens with zero attached hydrogens (tertiary/aromatic N) is 1. The van der Waals surface area contributed by atoms with Crippen molar-refractivity contribution in [2.75, 3.05) is 10.6 Å². The van der Waals surface area contributed by atoms with Crippen molar-refractivity contribution >= 4 is 22.7 Å². The van der Waals surface area contributed by atoms with Crippen molar-refractivity contribution in [3.05, 3.63) is 46.2 Å². The summed E-state index contributed by atoms with van der Waals surface area (Å²) in [5, 5.41) is 1.92. The number of hydrogen-bond donors (Lipinski definition) is 1. The quantitative estimate of drug-likeness (QED) is 0.824. The molecule has 0 saturated carbocycles. The van der Waals surface area contributed by atoms with Crippen molar-refractivity contribution in [1.29, 1.82) is 0 Å². The minimum atomic E-state index is -4.42. The molecule has 0 fully saturated rings. The van der Waals surface area contributed by atoms with Gasteiger partial charge in [0.15, 0.2) is 0 Å². The first-order chi connectivity index (χ1) is 9.79. The monoisotopic (exact) mass is 314 g/mol. The smallest absolute Gasteiger partial charge is 0.399 e. The second-order valence-corrected chi connectivity index (χ2v) is 6.11. The largest absolute Gasteiger partial charge is 0.418 e. The van der Waals surface area contributed by atoms with E-state index in [4.69, 9.17) is 5.73 Å². The van der Waals surface area contributed by atoms with Gasteiger partial charge in [-0.2, -0.15) is 13.2 Å². The lowest BCUT2D eigenvalue weighted by atomic mass is 10.1. The van der Waals surface area contributed by atoms with E-state index in [0.717, 1.165) is 10.9 Å². The van der Waals surface area contributed by atoms with Crippen LogP contribution in [-0.2, 0) is 12.7 Å². The number of benzene rings is 1. The summed E-state index contributed by atoms with van der Waals surface area (Å²) in [6.45, 7) is 4.20. The number of nitrogen functional groups attached to an aromatic ring is 1. The van der Waals surface area contributed by atoms with E-state index >= 15 is 0 Å². The molecule has 2 aromatic rings. The number of nitrogens with two attached hydrogens (primary N) is 1. The first kappa shape index (κ1) is 15.7. The van der Waals surface area contributed by atoms with Crippen molar-refractivity contribution < 1.29 is 13.2 Å². The van der Waals surface area contributed by atoms with Crippen LogP contribution in [0.1, 0.15) is 24.3 Å². The molecule has 0 atom stereocenters. The predicted octanol–water partition coefficient (Wildman–Crippen LogP) is 4.76. The van der Waals surface area contributed by atoms with E-state index in [1.807, 2.05) is 31.4 Å². The minimum Gasteiger partial charge on any atom is -0.399 e. The zero-order chi connectivity index (χ0) is 15.6. The van der Waals surface area contributed by atoms with Crippen molar-refractivity contribution in [3.8, 4) is 0 Å². The van der Waals surface area contributed by atoms with E-state index < -0.39 is 11.7 Å². The van der Waals surface area contributed by atoms with Gasteiger partial charge in [-0.25, -0.2) is 0 Å². The van der Waals surface area contributed by atoms with Crippen molar-refractivity contribution in [2.24, 2.45) is 0 Å². The Kier molecular flexibility index (Phi) is 4.46. The van der Waals surface area contributed by atoms with Crippen LogP contribution in [0, 0.1) is 0 Å². The molecule has 0 aliphatic rings. The van der Waals surface area contributed by atoms with E-state index in [1.165, 1.54) is 23.5 Å². The lowest BCUT2D eigenvalue weighted by Gasteiger charge is -2.31. The lowest BCUT2D eigenvalue weighted by Crippen LogP contribution is -2.31. The van der Waals surface area contributed by atoms with Gasteiger partial charge in [0.05, 0.1) is 12.1 Å². The van der Waals surface area contributed by atoms with Crippen LogP contribution in [-0.4, -0.2) is 6.04 Å². The Morgan fingerprint density at radius 3 is 2.48 bits per heavy atom. The van der Waals surface area contributed by atoms with E-state index in [2.05, 4.69) is 0 Å². The van der Waals surface area contributed by atoms with Gasteiger partial charge in [-0.15, -0.1) is 11.3 Å². The fourth-order valence-electron chi connectivity index (χ4n) is 2.15. The summed E-state index contributed by atoms with van der Waals surface area (Å²) >= 11 is 1.53. The van der Waals surface area contributed by atoms with Gasteiger partial charge in [0, 0.05) is 22.3 Å². The highest BCUT2D eigenvalue weighted by atomic mass is 32.1. The lowest BCUT2D eigenvalue weighted by molar-refractivity contribution is -0.137. The molecule has 114 valence electrons. The van der Waals surface area contributed by atoms with Gasteiger partial charge in [-0.05, 0) is 43.5 Å². The zero-order valence-electron chi connectivity index (χ0n) is 11.8. The third-order valence-electron chi connectivity index (χ3n) is 3.17. The highest BCUT2D eigenvalue weighted by Crippen LogP contribution is 2.39. The van der Waals surface area contributed by atoms with Gasteiger partial charge in [0.25, 0.3) is 0 Å².